The van der Waals surface area contributed by atoms with Crippen LogP contribution in [0.1, 0.15) is 11.3 Å². The van der Waals surface area contributed by atoms with Crippen molar-refractivity contribution in [2.24, 2.45) is 0 Å². The van der Waals surface area contributed by atoms with E-state index in [9.17, 15) is 4.39 Å². The number of rotatable bonds is 3. The standard InChI is InChI=1S/C12H8ClFN4/c13-10-5-8(1-2-11(10)14)7-17-12-16-4-3-9(6-15)18-12/h1-5H,7H2,(H,16,17,18). The van der Waals surface area contributed by atoms with Crippen LogP contribution in [0.2, 0.25) is 5.02 Å². The van der Waals surface area contributed by atoms with Crippen molar-refractivity contribution in [3.05, 3.63) is 52.6 Å². The fourth-order valence-electron chi connectivity index (χ4n) is 1.34. The summed E-state index contributed by atoms with van der Waals surface area (Å²) in [5, 5.41) is 11.7. The first-order chi connectivity index (χ1) is 8.69. The number of nitriles is 1. The number of anilines is 1. The lowest BCUT2D eigenvalue weighted by molar-refractivity contribution is 0.627. The molecule has 2 aromatic rings. The highest BCUT2D eigenvalue weighted by Crippen LogP contribution is 2.16. The molecule has 0 saturated carbocycles. The van der Waals surface area contributed by atoms with Crippen LogP contribution in [-0.2, 0) is 6.54 Å². The van der Waals surface area contributed by atoms with E-state index in [0.717, 1.165) is 5.56 Å². The van der Waals surface area contributed by atoms with E-state index in [-0.39, 0.29) is 10.7 Å². The molecule has 6 heteroatoms. The van der Waals surface area contributed by atoms with E-state index in [4.69, 9.17) is 16.9 Å². The number of halogens is 2. The first-order valence-electron chi connectivity index (χ1n) is 5.10. The highest BCUT2D eigenvalue weighted by Gasteiger charge is 2.02. The van der Waals surface area contributed by atoms with Gasteiger partial charge in [-0.25, -0.2) is 14.4 Å². The number of benzene rings is 1. The highest BCUT2D eigenvalue weighted by molar-refractivity contribution is 6.30. The predicted molar refractivity (Wildman–Crippen MR) is 65.5 cm³/mol. The van der Waals surface area contributed by atoms with E-state index in [1.54, 1.807) is 6.07 Å². The Morgan fingerprint density at radius 3 is 2.94 bits per heavy atom. The van der Waals surface area contributed by atoms with Crippen molar-refractivity contribution in [1.29, 1.82) is 5.26 Å². The normalized spacial score (nSPS) is 9.83. The first kappa shape index (κ1) is 12.3. The van der Waals surface area contributed by atoms with Crippen LogP contribution in [0.25, 0.3) is 0 Å². The third-order valence-electron chi connectivity index (χ3n) is 2.20. The maximum atomic E-state index is 12.9. The molecule has 0 aliphatic rings. The number of nitrogens with zero attached hydrogens (tertiary/aromatic N) is 3. The Labute approximate surface area is 108 Å². The molecule has 0 unspecified atom stereocenters. The van der Waals surface area contributed by atoms with Gasteiger partial charge in [-0.1, -0.05) is 17.7 Å². The minimum Gasteiger partial charge on any atom is -0.350 e. The Bertz CT molecular complexity index is 609. The molecule has 1 N–H and O–H groups in total. The second-order valence-corrected chi connectivity index (χ2v) is 3.89. The summed E-state index contributed by atoms with van der Waals surface area (Å²) in [6.07, 6.45) is 1.49. The lowest BCUT2D eigenvalue weighted by Gasteiger charge is -2.05. The fourth-order valence-corrected chi connectivity index (χ4v) is 1.54. The lowest BCUT2D eigenvalue weighted by Crippen LogP contribution is -2.04. The van der Waals surface area contributed by atoms with E-state index in [2.05, 4.69) is 15.3 Å². The van der Waals surface area contributed by atoms with Crippen molar-refractivity contribution in [3.8, 4) is 6.07 Å². The Kier molecular flexibility index (Phi) is 3.70. The summed E-state index contributed by atoms with van der Waals surface area (Å²) in [6, 6.07) is 7.87. The Hall–Kier alpha value is -2.19. The van der Waals surface area contributed by atoms with E-state index < -0.39 is 5.82 Å². The molecule has 0 spiro atoms. The molecular formula is C12H8ClFN4. The summed E-state index contributed by atoms with van der Waals surface area (Å²) in [7, 11) is 0. The maximum Gasteiger partial charge on any atom is 0.224 e. The summed E-state index contributed by atoms with van der Waals surface area (Å²) in [6.45, 7) is 0.398. The van der Waals surface area contributed by atoms with Crippen molar-refractivity contribution >= 4 is 17.5 Å². The van der Waals surface area contributed by atoms with E-state index >= 15 is 0 Å². The largest absolute Gasteiger partial charge is 0.350 e. The Morgan fingerprint density at radius 2 is 2.22 bits per heavy atom. The van der Waals surface area contributed by atoms with Gasteiger partial charge in [-0.15, -0.1) is 0 Å². The average molecular weight is 263 g/mol. The lowest BCUT2D eigenvalue weighted by atomic mass is 10.2. The van der Waals surface area contributed by atoms with Gasteiger partial charge in [0.25, 0.3) is 0 Å². The Balaban J connectivity index is 2.07. The van der Waals surface area contributed by atoms with Crippen LogP contribution in [0.15, 0.2) is 30.5 Å². The van der Waals surface area contributed by atoms with Crippen LogP contribution in [0.5, 0.6) is 0 Å². The van der Waals surface area contributed by atoms with Crippen molar-refractivity contribution in [1.82, 2.24) is 9.97 Å². The van der Waals surface area contributed by atoms with Gasteiger partial charge in [0.2, 0.25) is 5.95 Å². The molecule has 0 atom stereocenters. The van der Waals surface area contributed by atoms with Gasteiger partial charge in [0.05, 0.1) is 5.02 Å². The molecule has 0 amide bonds. The quantitative estimate of drug-likeness (QED) is 0.924. The SMILES string of the molecule is N#Cc1ccnc(NCc2ccc(F)c(Cl)c2)n1. The first-order valence-corrected chi connectivity index (χ1v) is 5.48. The smallest absolute Gasteiger partial charge is 0.224 e. The molecule has 2 rings (SSSR count). The van der Waals surface area contributed by atoms with Gasteiger partial charge in [0.15, 0.2) is 0 Å². The van der Waals surface area contributed by atoms with Crippen LogP contribution in [0, 0.1) is 17.1 Å². The average Bonchev–Trinajstić information content (AvgIpc) is 2.40. The molecule has 0 saturated heterocycles. The zero-order valence-corrected chi connectivity index (χ0v) is 9.95. The molecule has 90 valence electrons. The second kappa shape index (κ2) is 5.43. The summed E-state index contributed by atoms with van der Waals surface area (Å²) < 4.78 is 12.9. The van der Waals surface area contributed by atoms with Crippen molar-refractivity contribution in [2.45, 2.75) is 6.54 Å². The third-order valence-corrected chi connectivity index (χ3v) is 2.49. The van der Waals surface area contributed by atoms with Crippen LogP contribution >= 0.6 is 11.6 Å². The summed E-state index contributed by atoms with van der Waals surface area (Å²) in [4.78, 5) is 7.92. The van der Waals surface area contributed by atoms with Gasteiger partial charge in [-0.3, -0.25) is 0 Å². The van der Waals surface area contributed by atoms with Gasteiger partial charge in [0, 0.05) is 12.7 Å². The minimum atomic E-state index is -0.455. The van der Waals surface area contributed by atoms with Gasteiger partial charge in [-0.2, -0.15) is 5.26 Å². The molecule has 0 fully saturated rings. The van der Waals surface area contributed by atoms with E-state index in [1.807, 2.05) is 6.07 Å². The molecule has 0 bridgehead atoms. The molecule has 1 aromatic carbocycles. The van der Waals surface area contributed by atoms with Gasteiger partial charge in [-0.05, 0) is 23.8 Å². The van der Waals surface area contributed by atoms with Crippen molar-refractivity contribution < 1.29 is 4.39 Å². The van der Waals surface area contributed by atoms with Crippen LogP contribution in [0.3, 0.4) is 0 Å². The minimum absolute atomic E-state index is 0.0704. The summed E-state index contributed by atoms with van der Waals surface area (Å²) in [5.41, 5.74) is 1.08. The monoisotopic (exact) mass is 262 g/mol. The number of aromatic nitrogens is 2. The number of nitrogens with one attached hydrogen (secondary N) is 1. The van der Waals surface area contributed by atoms with Gasteiger partial charge in [0.1, 0.15) is 17.6 Å². The molecule has 18 heavy (non-hydrogen) atoms. The van der Waals surface area contributed by atoms with Crippen LogP contribution in [-0.4, -0.2) is 9.97 Å². The topological polar surface area (TPSA) is 61.6 Å². The highest BCUT2D eigenvalue weighted by atomic mass is 35.5. The predicted octanol–water partition coefficient (Wildman–Crippen LogP) is 2.75. The molecule has 0 aliphatic carbocycles. The molecule has 0 radical (unpaired) electrons. The van der Waals surface area contributed by atoms with Crippen LogP contribution < -0.4 is 5.32 Å². The molecule has 0 aliphatic heterocycles. The molecule has 1 aromatic heterocycles. The zero-order valence-electron chi connectivity index (χ0n) is 9.19. The van der Waals surface area contributed by atoms with Gasteiger partial charge < -0.3 is 5.32 Å². The molecule has 1 heterocycles. The second-order valence-electron chi connectivity index (χ2n) is 3.48. The molecule has 4 nitrogen and oxygen atoms in total. The summed E-state index contributed by atoms with van der Waals surface area (Å²) in [5.74, 6) is -0.113. The summed E-state index contributed by atoms with van der Waals surface area (Å²) >= 11 is 5.67. The molecular weight excluding hydrogens is 255 g/mol. The van der Waals surface area contributed by atoms with E-state index in [1.165, 1.54) is 24.4 Å². The fraction of sp³-hybridized carbons (Fsp3) is 0.0833. The Morgan fingerprint density at radius 1 is 1.39 bits per heavy atom. The van der Waals surface area contributed by atoms with Gasteiger partial charge >= 0.3 is 0 Å². The van der Waals surface area contributed by atoms with Crippen molar-refractivity contribution in [2.75, 3.05) is 5.32 Å². The van der Waals surface area contributed by atoms with Crippen LogP contribution in [0.4, 0.5) is 10.3 Å². The number of hydrogen-bond donors (Lipinski definition) is 1. The maximum absolute atomic E-state index is 12.9. The number of hydrogen-bond acceptors (Lipinski definition) is 4. The zero-order chi connectivity index (χ0) is 13.0. The third kappa shape index (κ3) is 2.93. The van der Waals surface area contributed by atoms with E-state index in [0.29, 0.717) is 12.5 Å². The van der Waals surface area contributed by atoms with Crippen molar-refractivity contribution in [3.63, 3.8) is 0 Å².